The Labute approximate surface area is 115 Å². The van der Waals surface area contributed by atoms with Crippen molar-refractivity contribution < 1.29 is 14.7 Å². The second-order valence-electron chi connectivity index (χ2n) is 4.11. The maximum absolute atomic E-state index is 11.8. The number of hydrogen-bond acceptors (Lipinski definition) is 4. The molecule has 0 radical (unpaired) electrons. The van der Waals surface area contributed by atoms with Crippen molar-refractivity contribution in [1.29, 1.82) is 0 Å². The van der Waals surface area contributed by atoms with Crippen molar-refractivity contribution in [3.63, 3.8) is 0 Å². The third kappa shape index (κ3) is 2.59. The number of nitrogens with two attached hydrogens (primary N) is 1. The summed E-state index contributed by atoms with van der Waals surface area (Å²) in [5.41, 5.74) is 5.73. The molecule has 0 aliphatic carbocycles. The zero-order valence-corrected chi connectivity index (χ0v) is 10.8. The first-order valence-corrected chi connectivity index (χ1v) is 5.85. The predicted molar refractivity (Wildman–Crippen MR) is 73.7 cm³/mol. The number of para-hydroxylation sites is 2. The second-order valence-corrected chi connectivity index (χ2v) is 4.11. The molecule has 2 aromatic rings. The molecule has 1 aromatic carbocycles. The maximum atomic E-state index is 11.8. The number of primary amides is 1. The van der Waals surface area contributed by atoms with Gasteiger partial charge in [0.05, 0.1) is 5.69 Å². The molecule has 0 aliphatic heterocycles. The first-order chi connectivity index (χ1) is 9.50. The third-order valence-electron chi connectivity index (χ3n) is 2.70. The average Bonchev–Trinajstić information content (AvgIpc) is 2.41. The van der Waals surface area contributed by atoms with E-state index >= 15 is 0 Å². The number of hydrogen-bond donors (Lipinski definition) is 2. The number of pyridine rings is 1. The van der Waals surface area contributed by atoms with Crippen LogP contribution < -0.4 is 10.6 Å². The van der Waals surface area contributed by atoms with Crippen molar-refractivity contribution in [2.75, 3.05) is 4.90 Å². The molecule has 1 aromatic heterocycles. The number of aromatic hydroxyl groups is 1. The van der Waals surface area contributed by atoms with Crippen LogP contribution in [0.3, 0.4) is 0 Å². The van der Waals surface area contributed by atoms with E-state index in [1.165, 1.54) is 36.2 Å². The first-order valence-electron chi connectivity index (χ1n) is 5.85. The lowest BCUT2D eigenvalue weighted by atomic mass is 10.2. The van der Waals surface area contributed by atoms with Gasteiger partial charge in [-0.1, -0.05) is 12.1 Å². The highest BCUT2D eigenvalue weighted by Crippen LogP contribution is 2.32. The number of carbonyl (C=O) groups excluding carboxylic acids is 2. The maximum Gasteiger partial charge on any atom is 0.248 e. The van der Waals surface area contributed by atoms with E-state index in [0.29, 0.717) is 0 Å². The molecule has 6 nitrogen and oxygen atoms in total. The molecular formula is C14H13N3O3. The molecule has 0 fully saturated rings. The molecule has 0 bridgehead atoms. The van der Waals surface area contributed by atoms with E-state index in [4.69, 9.17) is 5.73 Å². The predicted octanol–water partition coefficient (Wildman–Crippen LogP) is 1.57. The molecule has 0 atom stereocenters. The monoisotopic (exact) mass is 271 g/mol. The normalized spacial score (nSPS) is 10.1. The highest BCUT2D eigenvalue weighted by atomic mass is 16.3. The molecule has 3 N–H and O–H groups in total. The van der Waals surface area contributed by atoms with Crippen LogP contribution in [0.2, 0.25) is 0 Å². The summed E-state index contributed by atoms with van der Waals surface area (Å²) in [5.74, 6) is -0.806. The van der Waals surface area contributed by atoms with Crippen molar-refractivity contribution in [1.82, 2.24) is 4.98 Å². The Morgan fingerprint density at radius 1 is 1.25 bits per heavy atom. The lowest BCUT2D eigenvalue weighted by molar-refractivity contribution is -0.115. The lowest BCUT2D eigenvalue weighted by Crippen LogP contribution is -2.24. The van der Waals surface area contributed by atoms with E-state index in [0.717, 1.165) is 0 Å². The van der Waals surface area contributed by atoms with Crippen LogP contribution in [0.25, 0.3) is 0 Å². The van der Waals surface area contributed by atoms with Crippen LogP contribution in [0, 0.1) is 0 Å². The van der Waals surface area contributed by atoms with Gasteiger partial charge >= 0.3 is 0 Å². The highest BCUT2D eigenvalue weighted by Gasteiger charge is 2.19. The first kappa shape index (κ1) is 13.5. The molecule has 0 saturated carbocycles. The molecule has 0 saturated heterocycles. The molecular weight excluding hydrogens is 258 g/mol. The second kappa shape index (κ2) is 5.40. The Hall–Kier alpha value is -2.89. The van der Waals surface area contributed by atoms with Crippen LogP contribution >= 0.6 is 0 Å². The smallest absolute Gasteiger partial charge is 0.248 e. The zero-order chi connectivity index (χ0) is 14.7. The molecule has 0 unspecified atom stereocenters. The fourth-order valence-corrected chi connectivity index (χ4v) is 1.80. The summed E-state index contributed by atoms with van der Waals surface area (Å²) < 4.78 is 0. The summed E-state index contributed by atoms with van der Waals surface area (Å²) in [4.78, 5) is 28.3. The molecule has 20 heavy (non-hydrogen) atoms. The fraction of sp³-hybridized carbons (Fsp3) is 0.0714. The van der Waals surface area contributed by atoms with Crippen molar-refractivity contribution in [3.05, 3.63) is 48.2 Å². The quantitative estimate of drug-likeness (QED) is 0.885. The third-order valence-corrected chi connectivity index (χ3v) is 2.70. The van der Waals surface area contributed by atoms with Gasteiger partial charge in [0.2, 0.25) is 11.8 Å². The van der Waals surface area contributed by atoms with E-state index in [-0.39, 0.29) is 28.7 Å². The molecule has 0 aliphatic rings. The summed E-state index contributed by atoms with van der Waals surface area (Å²) >= 11 is 0. The Bertz CT molecular complexity index is 670. The number of benzene rings is 1. The molecule has 1 heterocycles. The number of nitrogens with zero attached hydrogens (tertiary/aromatic N) is 2. The SMILES string of the molecule is CC(=O)N(c1cc(C(N)=O)ccn1)c1ccccc1O. The number of amides is 2. The Morgan fingerprint density at radius 2 is 1.95 bits per heavy atom. The summed E-state index contributed by atoms with van der Waals surface area (Å²) in [6.45, 7) is 1.34. The average molecular weight is 271 g/mol. The molecule has 2 amide bonds. The Morgan fingerprint density at radius 3 is 2.55 bits per heavy atom. The number of aromatic nitrogens is 1. The van der Waals surface area contributed by atoms with Gasteiger partial charge in [-0.15, -0.1) is 0 Å². The molecule has 0 spiro atoms. The van der Waals surface area contributed by atoms with E-state index in [1.54, 1.807) is 18.2 Å². The van der Waals surface area contributed by atoms with Crippen molar-refractivity contribution in [2.45, 2.75) is 6.92 Å². The van der Waals surface area contributed by atoms with Crippen LogP contribution in [0.1, 0.15) is 17.3 Å². The standard InChI is InChI=1S/C14H13N3O3/c1-9(18)17(11-4-2-3-5-12(11)19)13-8-10(14(15)20)6-7-16-13/h2-8,19H,1H3,(H2,15,20). The number of phenolic OH excluding ortho intramolecular Hbond substituents is 1. The van der Waals surface area contributed by atoms with Gasteiger partial charge in [-0.05, 0) is 24.3 Å². The molecule has 102 valence electrons. The topological polar surface area (TPSA) is 96.5 Å². The van der Waals surface area contributed by atoms with E-state index in [9.17, 15) is 14.7 Å². The van der Waals surface area contributed by atoms with Gasteiger partial charge in [0.1, 0.15) is 11.6 Å². The Balaban J connectivity index is 2.55. The van der Waals surface area contributed by atoms with Gasteiger partial charge < -0.3 is 10.8 Å². The van der Waals surface area contributed by atoms with Gasteiger partial charge in [-0.2, -0.15) is 0 Å². The summed E-state index contributed by atoms with van der Waals surface area (Å²) in [5, 5.41) is 9.86. The van der Waals surface area contributed by atoms with Crippen LogP contribution in [0.4, 0.5) is 11.5 Å². The van der Waals surface area contributed by atoms with E-state index in [2.05, 4.69) is 4.98 Å². The number of rotatable bonds is 3. The van der Waals surface area contributed by atoms with Crippen LogP contribution in [0.5, 0.6) is 5.75 Å². The summed E-state index contributed by atoms with van der Waals surface area (Å²) in [6, 6.07) is 9.22. The number of carbonyl (C=O) groups is 2. The fourth-order valence-electron chi connectivity index (χ4n) is 1.80. The minimum absolute atomic E-state index is 0.0611. The van der Waals surface area contributed by atoms with Gasteiger partial charge in [-0.3, -0.25) is 14.5 Å². The minimum Gasteiger partial charge on any atom is -0.506 e. The zero-order valence-electron chi connectivity index (χ0n) is 10.8. The Kier molecular flexibility index (Phi) is 3.65. The van der Waals surface area contributed by atoms with Crippen LogP contribution in [-0.4, -0.2) is 21.9 Å². The van der Waals surface area contributed by atoms with E-state index < -0.39 is 5.91 Å². The van der Waals surface area contributed by atoms with Gasteiger partial charge in [0.25, 0.3) is 0 Å². The summed E-state index contributed by atoms with van der Waals surface area (Å²) in [7, 11) is 0. The van der Waals surface area contributed by atoms with Crippen LogP contribution in [-0.2, 0) is 4.79 Å². The van der Waals surface area contributed by atoms with Gasteiger partial charge in [0, 0.05) is 18.7 Å². The van der Waals surface area contributed by atoms with E-state index in [1.807, 2.05) is 0 Å². The number of anilines is 2. The molecule has 2 rings (SSSR count). The highest BCUT2D eigenvalue weighted by molar-refractivity contribution is 6.01. The van der Waals surface area contributed by atoms with Crippen molar-refractivity contribution >= 4 is 23.3 Å². The van der Waals surface area contributed by atoms with Crippen molar-refractivity contribution in [2.24, 2.45) is 5.73 Å². The molecule has 6 heteroatoms. The number of phenols is 1. The van der Waals surface area contributed by atoms with Gasteiger partial charge in [0.15, 0.2) is 0 Å². The largest absolute Gasteiger partial charge is 0.506 e. The summed E-state index contributed by atoms with van der Waals surface area (Å²) in [6.07, 6.45) is 1.38. The minimum atomic E-state index is -0.616. The van der Waals surface area contributed by atoms with Crippen molar-refractivity contribution in [3.8, 4) is 5.75 Å². The lowest BCUT2D eigenvalue weighted by Gasteiger charge is -2.21. The van der Waals surface area contributed by atoms with Gasteiger partial charge in [-0.25, -0.2) is 4.98 Å². The van der Waals surface area contributed by atoms with Crippen LogP contribution in [0.15, 0.2) is 42.6 Å².